The molecule has 0 radical (unpaired) electrons. The number of carboxylic acid groups (broad SMARTS) is 1. The second kappa shape index (κ2) is 6.67. The molecular formula is C16H28N2O3. The summed E-state index contributed by atoms with van der Waals surface area (Å²) in [6.45, 7) is 4.91. The predicted molar refractivity (Wildman–Crippen MR) is 81.2 cm³/mol. The number of hydrogen-bond acceptors (Lipinski definition) is 2. The van der Waals surface area contributed by atoms with E-state index in [9.17, 15) is 14.7 Å². The van der Waals surface area contributed by atoms with Crippen molar-refractivity contribution in [2.75, 3.05) is 13.1 Å². The molecule has 0 aromatic rings. The number of urea groups is 1. The molecule has 5 heteroatoms. The lowest BCUT2D eigenvalue weighted by Crippen LogP contribution is -2.61. The topological polar surface area (TPSA) is 60.9 Å². The van der Waals surface area contributed by atoms with Crippen LogP contribution in [0.1, 0.15) is 65.2 Å². The second-order valence-corrected chi connectivity index (χ2v) is 6.55. The van der Waals surface area contributed by atoms with Crippen LogP contribution in [0.4, 0.5) is 4.79 Å². The Morgan fingerprint density at radius 1 is 1.19 bits per heavy atom. The summed E-state index contributed by atoms with van der Waals surface area (Å²) in [5.41, 5.74) is -1.04. The average Bonchev–Trinajstić information content (AvgIpc) is 2.49. The van der Waals surface area contributed by atoms with Gasteiger partial charge in [0, 0.05) is 19.1 Å². The smallest absolute Gasteiger partial charge is 0.329 e. The minimum atomic E-state index is -1.04. The van der Waals surface area contributed by atoms with Crippen LogP contribution in [0.5, 0.6) is 0 Å². The van der Waals surface area contributed by atoms with Crippen molar-refractivity contribution in [3.63, 3.8) is 0 Å². The highest BCUT2D eigenvalue weighted by atomic mass is 16.4. The Hall–Kier alpha value is -1.26. The molecule has 1 aliphatic heterocycles. The number of carbonyl (C=O) groups is 2. The molecule has 1 unspecified atom stereocenters. The maximum Gasteiger partial charge on any atom is 0.329 e. The van der Waals surface area contributed by atoms with Crippen LogP contribution in [0.25, 0.3) is 0 Å². The number of nitrogens with zero attached hydrogens (tertiary/aromatic N) is 2. The summed E-state index contributed by atoms with van der Waals surface area (Å²) in [7, 11) is 0. The number of likely N-dealkylation sites (tertiary alicyclic amines) is 1. The van der Waals surface area contributed by atoms with E-state index in [-0.39, 0.29) is 12.1 Å². The van der Waals surface area contributed by atoms with Gasteiger partial charge in [0.1, 0.15) is 5.54 Å². The zero-order chi connectivity index (χ0) is 15.5. The normalized spacial score (nSPS) is 27.4. The Morgan fingerprint density at radius 2 is 1.86 bits per heavy atom. The monoisotopic (exact) mass is 296 g/mol. The lowest BCUT2D eigenvalue weighted by atomic mass is 9.88. The highest BCUT2D eigenvalue weighted by Crippen LogP contribution is 2.31. The van der Waals surface area contributed by atoms with E-state index in [2.05, 4.69) is 0 Å². The molecule has 2 aliphatic rings. The van der Waals surface area contributed by atoms with Gasteiger partial charge in [0.15, 0.2) is 0 Å². The molecular weight excluding hydrogens is 268 g/mol. The first kappa shape index (κ1) is 16.1. The summed E-state index contributed by atoms with van der Waals surface area (Å²) < 4.78 is 0. The van der Waals surface area contributed by atoms with Gasteiger partial charge in [-0.2, -0.15) is 0 Å². The van der Waals surface area contributed by atoms with E-state index in [0.29, 0.717) is 19.5 Å². The van der Waals surface area contributed by atoms with E-state index in [4.69, 9.17) is 0 Å². The summed E-state index contributed by atoms with van der Waals surface area (Å²) in [5, 5.41) is 9.57. The van der Waals surface area contributed by atoms with Crippen LogP contribution in [-0.4, -0.2) is 51.6 Å². The Kier molecular flexibility index (Phi) is 5.12. The molecule has 120 valence electrons. The van der Waals surface area contributed by atoms with Crippen molar-refractivity contribution in [3.8, 4) is 0 Å². The van der Waals surface area contributed by atoms with Crippen LogP contribution in [0.15, 0.2) is 0 Å². The van der Waals surface area contributed by atoms with Crippen molar-refractivity contribution in [1.82, 2.24) is 9.80 Å². The largest absolute Gasteiger partial charge is 0.480 e. The molecule has 2 amide bonds. The third-order valence-corrected chi connectivity index (χ3v) is 5.18. The third kappa shape index (κ3) is 3.16. The molecule has 1 N–H and O–H groups in total. The maximum atomic E-state index is 12.9. The van der Waals surface area contributed by atoms with Gasteiger partial charge in [-0.3, -0.25) is 0 Å². The third-order valence-electron chi connectivity index (χ3n) is 5.18. The molecule has 0 aromatic heterocycles. The number of amides is 2. The number of piperidine rings is 1. The van der Waals surface area contributed by atoms with Gasteiger partial charge in [0.05, 0.1) is 0 Å². The lowest BCUT2D eigenvalue weighted by Gasteiger charge is -2.45. The minimum Gasteiger partial charge on any atom is -0.480 e. The Balaban J connectivity index is 2.16. The summed E-state index contributed by atoms with van der Waals surface area (Å²) in [6.07, 6.45) is 8.03. The van der Waals surface area contributed by atoms with E-state index < -0.39 is 11.5 Å². The van der Waals surface area contributed by atoms with Crippen LogP contribution in [0.3, 0.4) is 0 Å². The van der Waals surface area contributed by atoms with Crippen molar-refractivity contribution in [1.29, 1.82) is 0 Å². The predicted octanol–water partition coefficient (Wildman–Crippen LogP) is 3.09. The van der Waals surface area contributed by atoms with Gasteiger partial charge in [-0.05, 0) is 46.0 Å². The Labute approximate surface area is 127 Å². The standard InChI is InChI=1S/C16H28N2O3/c1-3-17(13-9-5-4-6-10-13)15(21)18-12-8-7-11-16(18,2)14(19)20/h13H,3-12H2,1-2H3,(H,19,20). The number of aliphatic carboxylic acids is 1. The van der Waals surface area contributed by atoms with E-state index in [1.54, 1.807) is 11.8 Å². The molecule has 0 bridgehead atoms. The van der Waals surface area contributed by atoms with Crippen molar-refractivity contribution >= 4 is 12.0 Å². The highest BCUT2D eigenvalue weighted by Gasteiger charge is 2.45. The van der Waals surface area contributed by atoms with Crippen LogP contribution in [0.2, 0.25) is 0 Å². The molecule has 1 saturated heterocycles. The van der Waals surface area contributed by atoms with Crippen LogP contribution < -0.4 is 0 Å². The molecule has 1 heterocycles. The fourth-order valence-corrected chi connectivity index (χ4v) is 3.75. The number of rotatable bonds is 3. The quantitative estimate of drug-likeness (QED) is 0.870. The van der Waals surface area contributed by atoms with Crippen LogP contribution in [0, 0.1) is 0 Å². The summed E-state index contributed by atoms with van der Waals surface area (Å²) in [6, 6.07) is 0.213. The van der Waals surface area contributed by atoms with Crippen molar-refractivity contribution < 1.29 is 14.7 Å². The van der Waals surface area contributed by atoms with E-state index in [1.807, 2.05) is 11.8 Å². The van der Waals surface area contributed by atoms with E-state index >= 15 is 0 Å². The first-order chi connectivity index (χ1) is 10.0. The van der Waals surface area contributed by atoms with Gasteiger partial charge in [-0.1, -0.05) is 19.3 Å². The van der Waals surface area contributed by atoms with Gasteiger partial charge in [-0.25, -0.2) is 9.59 Å². The van der Waals surface area contributed by atoms with Gasteiger partial charge in [0.25, 0.3) is 0 Å². The van der Waals surface area contributed by atoms with Gasteiger partial charge in [0.2, 0.25) is 0 Å². The van der Waals surface area contributed by atoms with Gasteiger partial charge >= 0.3 is 12.0 Å². The Bertz CT molecular complexity index is 393. The van der Waals surface area contributed by atoms with Crippen molar-refractivity contribution in [3.05, 3.63) is 0 Å². The summed E-state index contributed by atoms with van der Waals surface area (Å²) in [4.78, 5) is 28.1. The van der Waals surface area contributed by atoms with E-state index in [1.165, 1.54) is 19.3 Å². The molecule has 0 spiro atoms. The zero-order valence-corrected chi connectivity index (χ0v) is 13.3. The van der Waals surface area contributed by atoms with Gasteiger partial charge < -0.3 is 14.9 Å². The molecule has 2 rings (SSSR count). The van der Waals surface area contributed by atoms with Crippen LogP contribution >= 0.6 is 0 Å². The fourth-order valence-electron chi connectivity index (χ4n) is 3.75. The summed E-state index contributed by atoms with van der Waals surface area (Å²) >= 11 is 0. The minimum absolute atomic E-state index is 0.0750. The number of carbonyl (C=O) groups excluding carboxylic acids is 1. The fraction of sp³-hybridized carbons (Fsp3) is 0.875. The first-order valence-electron chi connectivity index (χ1n) is 8.32. The Morgan fingerprint density at radius 3 is 2.43 bits per heavy atom. The SMILES string of the molecule is CCN(C(=O)N1CCCCC1(C)C(=O)O)C1CCCCC1. The highest BCUT2D eigenvalue weighted by molar-refractivity contribution is 5.86. The maximum absolute atomic E-state index is 12.9. The van der Waals surface area contributed by atoms with E-state index in [0.717, 1.165) is 25.7 Å². The summed E-state index contributed by atoms with van der Waals surface area (Å²) in [5.74, 6) is -0.879. The molecule has 2 fully saturated rings. The van der Waals surface area contributed by atoms with Crippen molar-refractivity contribution in [2.24, 2.45) is 0 Å². The molecule has 1 atom stereocenters. The van der Waals surface area contributed by atoms with Crippen molar-refractivity contribution in [2.45, 2.75) is 76.8 Å². The molecule has 0 aromatic carbocycles. The lowest BCUT2D eigenvalue weighted by molar-refractivity contribution is -0.151. The average molecular weight is 296 g/mol. The molecule has 21 heavy (non-hydrogen) atoms. The molecule has 1 saturated carbocycles. The molecule has 5 nitrogen and oxygen atoms in total. The second-order valence-electron chi connectivity index (χ2n) is 6.55. The molecule has 1 aliphatic carbocycles. The zero-order valence-electron chi connectivity index (χ0n) is 13.3. The number of hydrogen-bond donors (Lipinski definition) is 1. The van der Waals surface area contributed by atoms with Gasteiger partial charge in [-0.15, -0.1) is 0 Å². The number of carboxylic acids is 1. The first-order valence-corrected chi connectivity index (χ1v) is 8.32. The van der Waals surface area contributed by atoms with Crippen LogP contribution in [-0.2, 0) is 4.79 Å².